The number of nitrogens with one attached hydrogen (secondary N) is 1. The Kier molecular flexibility index (Phi) is 6.45. The van der Waals surface area contributed by atoms with Crippen molar-refractivity contribution >= 4 is 27.5 Å². The van der Waals surface area contributed by atoms with Crippen LogP contribution in [0.25, 0.3) is 0 Å². The lowest BCUT2D eigenvalue weighted by Gasteiger charge is -2.18. The van der Waals surface area contributed by atoms with E-state index in [4.69, 9.17) is 11.6 Å². The summed E-state index contributed by atoms with van der Waals surface area (Å²) in [7, 11) is -3.48. The molecule has 0 atom stereocenters. The highest BCUT2D eigenvalue weighted by atomic mass is 35.5. The molecule has 0 aromatic heterocycles. The Morgan fingerprint density at radius 3 is 2.20 bits per heavy atom. The smallest absolute Gasteiger partial charge is 0.251 e. The first-order valence-electron chi connectivity index (χ1n) is 6.41. The van der Waals surface area contributed by atoms with E-state index in [0.717, 1.165) is 0 Å². The van der Waals surface area contributed by atoms with Crippen LogP contribution in [0.1, 0.15) is 24.2 Å². The van der Waals surface area contributed by atoms with Crippen LogP contribution in [0.2, 0.25) is 0 Å². The first kappa shape index (κ1) is 16.9. The maximum absolute atomic E-state index is 12.3. The summed E-state index contributed by atoms with van der Waals surface area (Å²) in [5, 5.41) is 2.62. The summed E-state index contributed by atoms with van der Waals surface area (Å²) in [5.41, 5.74) is 0.411. The van der Waals surface area contributed by atoms with Gasteiger partial charge in [0.1, 0.15) is 0 Å². The van der Waals surface area contributed by atoms with Gasteiger partial charge in [-0.1, -0.05) is 13.8 Å². The second kappa shape index (κ2) is 7.61. The average Bonchev–Trinajstić information content (AvgIpc) is 2.46. The second-order valence-electron chi connectivity index (χ2n) is 4.06. The van der Waals surface area contributed by atoms with Crippen molar-refractivity contribution in [1.29, 1.82) is 0 Å². The van der Waals surface area contributed by atoms with Crippen LogP contribution >= 0.6 is 11.6 Å². The molecule has 0 saturated carbocycles. The zero-order chi connectivity index (χ0) is 15.2. The molecule has 112 valence electrons. The Bertz CT molecular complexity index is 539. The Balaban J connectivity index is 2.94. The first-order chi connectivity index (χ1) is 9.47. The molecule has 0 fully saturated rings. The van der Waals surface area contributed by atoms with E-state index in [1.54, 1.807) is 13.8 Å². The summed E-state index contributed by atoms with van der Waals surface area (Å²) in [6, 6.07) is 5.90. The minimum absolute atomic E-state index is 0.190. The fourth-order valence-corrected chi connectivity index (χ4v) is 3.31. The monoisotopic (exact) mass is 318 g/mol. The maximum Gasteiger partial charge on any atom is 0.251 e. The third-order valence-corrected chi connectivity index (χ3v) is 5.09. The summed E-state index contributed by atoms with van der Waals surface area (Å²) in [6.45, 7) is 4.78. The van der Waals surface area contributed by atoms with Crippen LogP contribution in [0.4, 0.5) is 0 Å². The van der Waals surface area contributed by atoms with E-state index in [1.165, 1.54) is 28.6 Å². The molecule has 0 radical (unpaired) electrons. The van der Waals surface area contributed by atoms with E-state index in [-0.39, 0.29) is 10.8 Å². The van der Waals surface area contributed by atoms with Crippen molar-refractivity contribution in [3.63, 3.8) is 0 Å². The highest BCUT2D eigenvalue weighted by Gasteiger charge is 2.21. The maximum atomic E-state index is 12.3. The van der Waals surface area contributed by atoms with Gasteiger partial charge in [0, 0.05) is 31.1 Å². The molecule has 1 amide bonds. The van der Waals surface area contributed by atoms with Crippen molar-refractivity contribution in [2.24, 2.45) is 0 Å². The number of hydrogen-bond donors (Lipinski definition) is 1. The number of halogens is 1. The third-order valence-electron chi connectivity index (χ3n) is 2.84. The van der Waals surface area contributed by atoms with Gasteiger partial charge in [0.2, 0.25) is 10.0 Å². The minimum atomic E-state index is -3.48. The van der Waals surface area contributed by atoms with Gasteiger partial charge in [0.15, 0.2) is 0 Å². The zero-order valence-corrected chi connectivity index (χ0v) is 13.2. The van der Waals surface area contributed by atoms with Crippen molar-refractivity contribution in [2.45, 2.75) is 18.7 Å². The quantitative estimate of drug-likeness (QED) is 0.778. The SMILES string of the molecule is CCN(CC)S(=O)(=O)c1ccc(C(=O)NCCCl)cc1. The number of alkyl halides is 1. The third kappa shape index (κ3) is 3.94. The molecule has 20 heavy (non-hydrogen) atoms. The molecule has 0 saturated heterocycles. The number of carbonyl (C=O) groups excluding carboxylic acids is 1. The standard InChI is InChI=1S/C13H19ClN2O3S/c1-3-16(4-2)20(18,19)12-7-5-11(6-8-12)13(17)15-10-9-14/h5-8H,3-4,9-10H2,1-2H3,(H,15,17). The van der Waals surface area contributed by atoms with Gasteiger partial charge >= 0.3 is 0 Å². The predicted molar refractivity (Wildman–Crippen MR) is 79.6 cm³/mol. The summed E-state index contributed by atoms with van der Waals surface area (Å²) < 4.78 is 25.9. The molecule has 1 N–H and O–H groups in total. The second-order valence-corrected chi connectivity index (χ2v) is 6.37. The molecule has 0 heterocycles. The van der Waals surface area contributed by atoms with Crippen LogP contribution in [-0.4, -0.2) is 44.1 Å². The van der Waals surface area contributed by atoms with Gasteiger partial charge in [-0.05, 0) is 24.3 Å². The molecule has 5 nitrogen and oxygen atoms in total. The molecule has 0 bridgehead atoms. The van der Waals surface area contributed by atoms with Gasteiger partial charge in [-0.2, -0.15) is 4.31 Å². The number of carbonyl (C=O) groups is 1. The summed E-state index contributed by atoms with van der Waals surface area (Å²) in [4.78, 5) is 11.9. The molecule has 0 aliphatic rings. The zero-order valence-electron chi connectivity index (χ0n) is 11.6. The topological polar surface area (TPSA) is 66.5 Å². The highest BCUT2D eigenvalue weighted by molar-refractivity contribution is 7.89. The molecule has 0 unspecified atom stereocenters. The lowest BCUT2D eigenvalue weighted by Crippen LogP contribution is -2.30. The van der Waals surface area contributed by atoms with Crippen molar-refractivity contribution < 1.29 is 13.2 Å². The lowest BCUT2D eigenvalue weighted by atomic mass is 10.2. The molecular weight excluding hydrogens is 300 g/mol. The Morgan fingerprint density at radius 1 is 1.20 bits per heavy atom. The van der Waals surface area contributed by atoms with Crippen molar-refractivity contribution in [3.05, 3.63) is 29.8 Å². The average molecular weight is 319 g/mol. The van der Waals surface area contributed by atoms with Gasteiger partial charge < -0.3 is 5.32 Å². The van der Waals surface area contributed by atoms with Gasteiger partial charge in [0.05, 0.1) is 4.90 Å². The Morgan fingerprint density at radius 2 is 1.75 bits per heavy atom. The van der Waals surface area contributed by atoms with Crippen LogP contribution in [0, 0.1) is 0 Å². The molecule has 1 aromatic carbocycles. The van der Waals surface area contributed by atoms with E-state index >= 15 is 0 Å². The Labute approximate surface area is 125 Å². The largest absolute Gasteiger partial charge is 0.351 e. The highest BCUT2D eigenvalue weighted by Crippen LogP contribution is 2.16. The molecule has 1 aromatic rings. The molecule has 0 spiro atoms. The predicted octanol–water partition coefficient (Wildman–Crippen LogP) is 1.69. The fraction of sp³-hybridized carbons (Fsp3) is 0.462. The van der Waals surface area contributed by atoms with E-state index in [2.05, 4.69) is 5.32 Å². The number of hydrogen-bond acceptors (Lipinski definition) is 3. The summed E-state index contributed by atoms with van der Waals surface area (Å²) in [6.07, 6.45) is 0. The number of amides is 1. The minimum Gasteiger partial charge on any atom is -0.351 e. The van der Waals surface area contributed by atoms with Gasteiger partial charge in [-0.3, -0.25) is 4.79 Å². The number of benzene rings is 1. The van der Waals surface area contributed by atoms with E-state index in [1.807, 2.05) is 0 Å². The van der Waals surface area contributed by atoms with E-state index in [9.17, 15) is 13.2 Å². The molecule has 0 aliphatic heterocycles. The van der Waals surface area contributed by atoms with Crippen LogP contribution < -0.4 is 5.32 Å². The van der Waals surface area contributed by atoms with Crippen molar-refractivity contribution in [3.8, 4) is 0 Å². The van der Waals surface area contributed by atoms with E-state index < -0.39 is 10.0 Å². The van der Waals surface area contributed by atoms with Crippen LogP contribution in [0.3, 0.4) is 0 Å². The van der Waals surface area contributed by atoms with Gasteiger partial charge in [-0.25, -0.2) is 8.42 Å². The van der Waals surface area contributed by atoms with E-state index in [0.29, 0.717) is 31.1 Å². The van der Waals surface area contributed by atoms with Gasteiger partial charge in [-0.15, -0.1) is 11.6 Å². The van der Waals surface area contributed by atoms with Crippen LogP contribution in [-0.2, 0) is 10.0 Å². The van der Waals surface area contributed by atoms with Crippen molar-refractivity contribution in [1.82, 2.24) is 9.62 Å². The summed E-state index contributed by atoms with van der Waals surface area (Å²) in [5.74, 6) is 0.0672. The number of sulfonamides is 1. The molecular formula is C13H19ClN2O3S. The Hall–Kier alpha value is -1.11. The normalized spacial score (nSPS) is 11.6. The van der Waals surface area contributed by atoms with Gasteiger partial charge in [0.25, 0.3) is 5.91 Å². The number of rotatable bonds is 7. The fourth-order valence-electron chi connectivity index (χ4n) is 1.75. The van der Waals surface area contributed by atoms with Crippen LogP contribution in [0.5, 0.6) is 0 Å². The molecule has 7 heteroatoms. The summed E-state index contributed by atoms with van der Waals surface area (Å²) >= 11 is 5.49. The number of nitrogens with zero attached hydrogens (tertiary/aromatic N) is 1. The van der Waals surface area contributed by atoms with Crippen molar-refractivity contribution in [2.75, 3.05) is 25.5 Å². The van der Waals surface area contributed by atoms with Crippen LogP contribution in [0.15, 0.2) is 29.2 Å². The first-order valence-corrected chi connectivity index (χ1v) is 8.39. The lowest BCUT2D eigenvalue weighted by molar-refractivity contribution is 0.0956. The molecule has 0 aliphatic carbocycles. The molecule has 1 rings (SSSR count).